The number of hydrogen-bond donors (Lipinski definition) is 0. The number of rotatable bonds is 2. The van der Waals surface area contributed by atoms with Crippen LogP contribution in [0.15, 0.2) is 60.7 Å². The Bertz CT molecular complexity index is 584. The third kappa shape index (κ3) is 2.92. The molecule has 96 valence electrons. The Hall–Kier alpha value is -1.09. The summed E-state index contributed by atoms with van der Waals surface area (Å²) in [7, 11) is 0. The summed E-state index contributed by atoms with van der Waals surface area (Å²) in [6.45, 7) is 0. The van der Waals surface area contributed by atoms with Gasteiger partial charge in [0.1, 0.15) is 0 Å². The molecule has 1 aliphatic carbocycles. The van der Waals surface area contributed by atoms with Crippen molar-refractivity contribution in [3.8, 4) is 11.1 Å². The molecule has 0 saturated carbocycles. The lowest BCUT2D eigenvalue weighted by atomic mass is 9.85. The van der Waals surface area contributed by atoms with Crippen molar-refractivity contribution in [2.75, 3.05) is 0 Å². The van der Waals surface area contributed by atoms with Gasteiger partial charge in [-0.15, -0.1) is 0 Å². The molecule has 0 N–H and O–H groups in total. The van der Waals surface area contributed by atoms with Crippen LogP contribution in [0.2, 0.25) is 0 Å². The second kappa shape index (κ2) is 5.91. The highest BCUT2D eigenvalue weighted by atomic mass is 127. The zero-order valence-corrected chi connectivity index (χ0v) is 13.0. The second-order valence-electron chi connectivity index (χ2n) is 5.06. The van der Waals surface area contributed by atoms with Crippen molar-refractivity contribution in [1.29, 1.82) is 0 Å². The first kappa shape index (κ1) is 12.9. The highest BCUT2D eigenvalue weighted by Gasteiger charge is 2.16. The van der Waals surface area contributed by atoms with Gasteiger partial charge in [0.25, 0.3) is 0 Å². The standard InChI is InChI=1S/C18H17I/c19-16-11-12-17(14-7-3-1-4-8-14)18(13-16)15-9-5-2-6-10-15/h1,3-5,7-9,11-13,15H,2,6,10H2. The molecule has 0 nitrogen and oxygen atoms in total. The number of allylic oxidation sites excluding steroid dienone is 2. The summed E-state index contributed by atoms with van der Waals surface area (Å²) in [6.07, 6.45) is 8.54. The molecule has 1 atom stereocenters. The first-order chi connectivity index (χ1) is 9.34. The maximum Gasteiger partial charge on any atom is 0.0133 e. The van der Waals surface area contributed by atoms with Gasteiger partial charge in [-0.1, -0.05) is 48.6 Å². The Morgan fingerprint density at radius 1 is 1.00 bits per heavy atom. The second-order valence-corrected chi connectivity index (χ2v) is 6.31. The Morgan fingerprint density at radius 2 is 1.84 bits per heavy atom. The zero-order chi connectivity index (χ0) is 13.1. The summed E-state index contributed by atoms with van der Waals surface area (Å²) in [6, 6.07) is 17.6. The Labute approximate surface area is 128 Å². The predicted octanol–water partition coefficient (Wildman–Crippen LogP) is 5.78. The summed E-state index contributed by atoms with van der Waals surface area (Å²) in [5.41, 5.74) is 4.19. The van der Waals surface area contributed by atoms with Crippen LogP contribution in [0.3, 0.4) is 0 Å². The van der Waals surface area contributed by atoms with Crippen molar-refractivity contribution in [3.05, 3.63) is 69.8 Å². The molecule has 0 radical (unpaired) electrons. The van der Waals surface area contributed by atoms with Crippen LogP contribution < -0.4 is 0 Å². The molecule has 1 aliphatic rings. The fraction of sp³-hybridized carbons (Fsp3) is 0.222. The molecule has 0 aliphatic heterocycles. The molecule has 0 aromatic heterocycles. The predicted molar refractivity (Wildman–Crippen MR) is 90.3 cm³/mol. The monoisotopic (exact) mass is 360 g/mol. The average Bonchev–Trinajstić information content (AvgIpc) is 2.49. The molecule has 0 bridgehead atoms. The van der Waals surface area contributed by atoms with Crippen molar-refractivity contribution in [2.45, 2.75) is 25.2 Å². The van der Waals surface area contributed by atoms with E-state index in [0.29, 0.717) is 5.92 Å². The first-order valence-corrected chi connectivity index (χ1v) is 7.94. The molecule has 0 heterocycles. The van der Waals surface area contributed by atoms with Crippen molar-refractivity contribution < 1.29 is 0 Å². The van der Waals surface area contributed by atoms with Gasteiger partial charge in [0.05, 0.1) is 0 Å². The minimum absolute atomic E-state index is 0.582. The Kier molecular flexibility index (Phi) is 4.02. The zero-order valence-electron chi connectivity index (χ0n) is 10.9. The molecule has 1 heteroatoms. The molecule has 0 fully saturated rings. The summed E-state index contributed by atoms with van der Waals surface area (Å²) in [4.78, 5) is 0. The van der Waals surface area contributed by atoms with E-state index in [4.69, 9.17) is 0 Å². The third-order valence-corrected chi connectivity index (χ3v) is 4.42. The van der Waals surface area contributed by atoms with Crippen molar-refractivity contribution in [1.82, 2.24) is 0 Å². The maximum absolute atomic E-state index is 2.41. The highest BCUT2D eigenvalue weighted by Crippen LogP contribution is 2.35. The highest BCUT2D eigenvalue weighted by molar-refractivity contribution is 14.1. The molecule has 2 aromatic rings. The third-order valence-electron chi connectivity index (χ3n) is 3.75. The van der Waals surface area contributed by atoms with E-state index >= 15 is 0 Å². The largest absolute Gasteiger partial charge is 0.0879 e. The minimum atomic E-state index is 0.582. The van der Waals surface area contributed by atoms with E-state index in [-0.39, 0.29) is 0 Å². The van der Waals surface area contributed by atoms with Gasteiger partial charge in [-0.25, -0.2) is 0 Å². The van der Waals surface area contributed by atoms with Gasteiger partial charge in [0.15, 0.2) is 0 Å². The van der Waals surface area contributed by atoms with Gasteiger partial charge >= 0.3 is 0 Å². The first-order valence-electron chi connectivity index (χ1n) is 6.86. The van der Waals surface area contributed by atoms with Crippen LogP contribution in [-0.4, -0.2) is 0 Å². The fourth-order valence-electron chi connectivity index (χ4n) is 2.79. The van der Waals surface area contributed by atoms with Gasteiger partial charge in [-0.05, 0) is 70.7 Å². The molecule has 0 spiro atoms. The van der Waals surface area contributed by atoms with Gasteiger partial charge in [0, 0.05) is 9.49 Å². The van der Waals surface area contributed by atoms with E-state index in [2.05, 4.69) is 83.3 Å². The quantitative estimate of drug-likeness (QED) is 0.470. The van der Waals surface area contributed by atoms with E-state index in [1.165, 1.54) is 39.5 Å². The fourth-order valence-corrected chi connectivity index (χ4v) is 3.31. The lowest BCUT2D eigenvalue weighted by molar-refractivity contribution is 0.655. The SMILES string of the molecule is Ic1ccc(-c2ccccc2)c(C2C=CCCC2)c1. The molecule has 0 saturated heterocycles. The molecule has 0 amide bonds. The summed E-state index contributed by atoms with van der Waals surface area (Å²) >= 11 is 2.41. The van der Waals surface area contributed by atoms with Gasteiger partial charge < -0.3 is 0 Å². The Morgan fingerprint density at radius 3 is 2.58 bits per heavy atom. The molecular weight excluding hydrogens is 343 g/mol. The van der Waals surface area contributed by atoms with E-state index in [1.54, 1.807) is 0 Å². The van der Waals surface area contributed by atoms with Crippen LogP contribution in [0.25, 0.3) is 11.1 Å². The van der Waals surface area contributed by atoms with Crippen LogP contribution in [-0.2, 0) is 0 Å². The van der Waals surface area contributed by atoms with Crippen LogP contribution in [0.4, 0.5) is 0 Å². The van der Waals surface area contributed by atoms with Crippen molar-refractivity contribution in [2.24, 2.45) is 0 Å². The van der Waals surface area contributed by atoms with E-state index in [0.717, 1.165) is 0 Å². The molecule has 2 aromatic carbocycles. The topological polar surface area (TPSA) is 0 Å². The molecule has 19 heavy (non-hydrogen) atoms. The Balaban J connectivity index is 2.09. The summed E-state index contributed by atoms with van der Waals surface area (Å²) in [5.74, 6) is 0.582. The molecular formula is C18H17I. The number of benzene rings is 2. The van der Waals surface area contributed by atoms with E-state index < -0.39 is 0 Å². The van der Waals surface area contributed by atoms with Crippen LogP contribution >= 0.6 is 22.6 Å². The van der Waals surface area contributed by atoms with Gasteiger partial charge in [-0.2, -0.15) is 0 Å². The van der Waals surface area contributed by atoms with Gasteiger partial charge in [-0.3, -0.25) is 0 Å². The number of hydrogen-bond acceptors (Lipinski definition) is 0. The normalized spacial score (nSPS) is 18.5. The maximum atomic E-state index is 2.41. The minimum Gasteiger partial charge on any atom is -0.0879 e. The lowest BCUT2D eigenvalue weighted by Crippen LogP contribution is -2.02. The van der Waals surface area contributed by atoms with Crippen LogP contribution in [0, 0.1) is 3.57 Å². The van der Waals surface area contributed by atoms with E-state index in [1.807, 2.05) is 0 Å². The lowest BCUT2D eigenvalue weighted by Gasteiger charge is -2.20. The smallest absolute Gasteiger partial charge is 0.0133 e. The molecule has 1 unspecified atom stereocenters. The van der Waals surface area contributed by atoms with Crippen molar-refractivity contribution >= 4 is 22.6 Å². The van der Waals surface area contributed by atoms with Crippen molar-refractivity contribution in [3.63, 3.8) is 0 Å². The van der Waals surface area contributed by atoms with Gasteiger partial charge in [0.2, 0.25) is 0 Å². The summed E-state index contributed by atoms with van der Waals surface area (Å²) in [5, 5.41) is 0. The molecule has 3 rings (SSSR count). The summed E-state index contributed by atoms with van der Waals surface area (Å²) < 4.78 is 1.33. The average molecular weight is 360 g/mol. The van der Waals surface area contributed by atoms with Crippen LogP contribution in [0.5, 0.6) is 0 Å². The number of halogens is 1. The van der Waals surface area contributed by atoms with Crippen LogP contribution in [0.1, 0.15) is 30.7 Å². The van der Waals surface area contributed by atoms with E-state index in [9.17, 15) is 0 Å².